The van der Waals surface area contributed by atoms with Gasteiger partial charge in [-0.25, -0.2) is 0 Å². The lowest BCUT2D eigenvalue weighted by molar-refractivity contribution is 0.0342. The Balaban J connectivity index is 1.45. The summed E-state index contributed by atoms with van der Waals surface area (Å²) in [5.41, 5.74) is 3.81. The highest BCUT2D eigenvalue weighted by atomic mass is 16.5. The fourth-order valence-corrected chi connectivity index (χ4v) is 4.12. The molecule has 1 saturated heterocycles. The summed E-state index contributed by atoms with van der Waals surface area (Å²) in [7, 11) is 0. The number of ether oxygens (including phenoxy) is 2. The first-order chi connectivity index (χ1) is 13.9. The molecule has 2 aromatic carbocycles. The molecule has 154 valence electrons. The van der Waals surface area contributed by atoms with Gasteiger partial charge in [0.15, 0.2) is 0 Å². The van der Waals surface area contributed by atoms with Crippen molar-refractivity contribution < 1.29 is 14.3 Å². The fourth-order valence-electron chi connectivity index (χ4n) is 4.12. The number of aryl methyl sites for hydroxylation is 1. The number of fused-ring (bicyclic) bond motifs is 1. The van der Waals surface area contributed by atoms with Gasteiger partial charge >= 0.3 is 0 Å². The molecule has 2 aliphatic rings. The number of hydrogen-bond donors (Lipinski definition) is 1. The van der Waals surface area contributed by atoms with Gasteiger partial charge in [0.1, 0.15) is 11.4 Å². The molecule has 0 aromatic heterocycles. The Bertz CT molecular complexity index is 870. The molecule has 5 heteroatoms. The van der Waals surface area contributed by atoms with E-state index in [2.05, 4.69) is 49.2 Å². The average molecular weight is 395 g/mol. The van der Waals surface area contributed by atoms with Crippen LogP contribution in [0.4, 0.5) is 0 Å². The van der Waals surface area contributed by atoms with E-state index in [1.54, 1.807) is 0 Å². The molecule has 5 nitrogen and oxygen atoms in total. The molecule has 2 aromatic rings. The molecule has 0 aliphatic carbocycles. The van der Waals surface area contributed by atoms with E-state index >= 15 is 0 Å². The fraction of sp³-hybridized carbons (Fsp3) is 0.458. The second kappa shape index (κ2) is 8.17. The van der Waals surface area contributed by atoms with Crippen LogP contribution in [-0.4, -0.2) is 42.7 Å². The van der Waals surface area contributed by atoms with Crippen molar-refractivity contribution in [1.29, 1.82) is 0 Å². The van der Waals surface area contributed by atoms with Crippen molar-refractivity contribution in [3.8, 4) is 5.75 Å². The first-order valence-corrected chi connectivity index (χ1v) is 10.4. The molecule has 0 radical (unpaired) electrons. The summed E-state index contributed by atoms with van der Waals surface area (Å²) in [4.78, 5) is 15.3. The number of nitrogens with one attached hydrogen (secondary N) is 1. The summed E-state index contributed by atoms with van der Waals surface area (Å²) in [5.74, 6) is 0.816. The monoisotopic (exact) mass is 394 g/mol. The van der Waals surface area contributed by atoms with E-state index < -0.39 is 0 Å². The zero-order chi connectivity index (χ0) is 20.4. The summed E-state index contributed by atoms with van der Waals surface area (Å²) in [6, 6.07) is 14.1. The highest BCUT2D eigenvalue weighted by molar-refractivity contribution is 5.94. The Hall–Kier alpha value is -2.37. The third-order valence-corrected chi connectivity index (χ3v) is 5.65. The minimum atomic E-state index is -0.317. The van der Waals surface area contributed by atoms with Crippen molar-refractivity contribution in [3.05, 3.63) is 64.7 Å². The third-order valence-electron chi connectivity index (χ3n) is 5.65. The predicted molar refractivity (Wildman–Crippen MR) is 113 cm³/mol. The quantitative estimate of drug-likeness (QED) is 0.856. The van der Waals surface area contributed by atoms with Crippen LogP contribution < -0.4 is 10.1 Å². The van der Waals surface area contributed by atoms with Gasteiger partial charge in [0.05, 0.1) is 19.3 Å². The smallest absolute Gasteiger partial charge is 0.251 e. The van der Waals surface area contributed by atoms with Crippen molar-refractivity contribution in [2.24, 2.45) is 0 Å². The van der Waals surface area contributed by atoms with Gasteiger partial charge < -0.3 is 14.8 Å². The van der Waals surface area contributed by atoms with Crippen LogP contribution in [0.25, 0.3) is 0 Å². The van der Waals surface area contributed by atoms with Crippen molar-refractivity contribution in [2.75, 3.05) is 26.3 Å². The number of rotatable bonds is 4. The van der Waals surface area contributed by atoms with Crippen LogP contribution in [0, 0.1) is 6.92 Å². The molecule has 0 spiro atoms. The van der Waals surface area contributed by atoms with Gasteiger partial charge in [-0.15, -0.1) is 0 Å². The number of benzene rings is 2. The van der Waals surface area contributed by atoms with Crippen LogP contribution in [-0.2, 0) is 11.3 Å². The molecule has 1 atom stereocenters. The topological polar surface area (TPSA) is 50.8 Å². The van der Waals surface area contributed by atoms with E-state index in [1.807, 2.05) is 24.3 Å². The molecule has 0 bridgehead atoms. The summed E-state index contributed by atoms with van der Waals surface area (Å²) >= 11 is 0. The minimum absolute atomic E-state index is 0.0434. The number of nitrogens with zero attached hydrogens (tertiary/aromatic N) is 1. The molecule has 0 unspecified atom stereocenters. The van der Waals surface area contributed by atoms with Crippen LogP contribution in [0.3, 0.4) is 0 Å². The average Bonchev–Trinajstić information content (AvgIpc) is 2.69. The zero-order valence-corrected chi connectivity index (χ0v) is 17.5. The lowest BCUT2D eigenvalue weighted by Gasteiger charge is -2.38. The van der Waals surface area contributed by atoms with E-state index in [-0.39, 0.29) is 17.6 Å². The van der Waals surface area contributed by atoms with Crippen molar-refractivity contribution in [3.63, 3.8) is 0 Å². The Kier molecular flexibility index (Phi) is 5.61. The highest BCUT2D eigenvalue weighted by Gasteiger charge is 2.34. The molecule has 4 rings (SSSR count). The Labute approximate surface area is 173 Å². The van der Waals surface area contributed by atoms with E-state index in [9.17, 15) is 4.79 Å². The van der Waals surface area contributed by atoms with Gasteiger partial charge in [0.2, 0.25) is 0 Å². The molecule has 2 heterocycles. The van der Waals surface area contributed by atoms with Crippen LogP contribution in [0.5, 0.6) is 5.75 Å². The lowest BCUT2D eigenvalue weighted by atomic mass is 9.88. The minimum Gasteiger partial charge on any atom is -0.487 e. The Morgan fingerprint density at radius 1 is 1.14 bits per heavy atom. The van der Waals surface area contributed by atoms with Crippen molar-refractivity contribution >= 4 is 5.91 Å². The number of hydrogen-bond acceptors (Lipinski definition) is 4. The number of morpholine rings is 1. The molecule has 1 fully saturated rings. The predicted octanol–water partition coefficient (Wildman–Crippen LogP) is 3.86. The normalized spacial score (nSPS) is 21.1. The number of carbonyl (C=O) groups excluding carboxylic acids is 1. The second-order valence-electron chi connectivity index (χ2n) is 8.72. The first kappa shape index (κ1) is 19.9. The molecule has 0 saturated carbocycles. The third kappa shape index (κ3) is 4.80. The molecule has 1 amide bonds. The van der Waals surface area contributed by atoms with Crippen LogP contribution in [0.15, 0.2) is 42.5 Å². The largest absolute Gasteiger partial charge is 0.487 e. The summed E-state index contributed by atoms with van der Waals surface area (Å²) < 4.78 is 11.5. The number of amides is 1. The molecular formula is C24H30N2O3. The van der Waals surface area contributed by atoms with Gasteiger partial charge in [0.25, 0.3) is 5.91 Å². The highest BCUT2D eigenvalue weighted by Crippen LogP contribution is 2.40. The van der Waals surface area contributed by atoms with Crippen LogP contribution in [0.1, 0.15) is 53.4 Å². The van der Waals surface area contributed by atoms with E-state index in [4.69, 9.17) is 9.47 Å². The SMILES string of the molecule is Cc1ccc2c(c1)[C@@H](NC(=O)c1ccc(CN3CCOCC3)cc1)CC(C)(C)O2. The second-order valence-corrected chi connectivity index (χ2v) is 8.72. The van der Waals surface area contributed by atoms with Gasteiger partial charge in [-0.3, -0.25) is 9.69 Å². The van der Waals surface area contributed by atoms with E-state index in [0.29, 0.717) is 5.56 Å². The van der Waals surface area contributed by atoms with Crippen molar-refractivity contribution in [2.45, 2.75) is 45.4 Å². The maximum atomic E-state index is 12.9. The summed E-state index contributed by atoms with van der Waals surface area (Å²) in [6.07, 6.45) is 0.740. The van der Waals surface area contributed by atoms with Gasteiger partial charge in [0, 0.05) is 37.2 Å². The summed E-state index contributed by atoms with van der Waals surface area (Å²) in [6.45, 7) is 10.6. The Morgan fingerprint density at radius 2 is 1.86 bits per heavy atom. The van der Waals surface area contributed by atoms with Gasteiger partial charge in [-0.2, -0.15) is 0 Å². The van der Waals surface area contributed by atoms with Gasteiger partial charge in [-0.05, 0) is 44.5 Å². The molecular weight excluding hydrogens is 364 g/mol. The maximum absolute atomic E-state index is 12.9. The number of carbonyl (C=O) groups is 1. The van der Waals surface area contributed by atoms with Crippen molar-refractivity contribution in [1.82, 2.24) is 10.2 Å². The van der Waals surface area contributed by atoms with Gasteiger partial charge in [-0.1, -0.05) is 29.8 Å². The first-order valence-electron chi connectivity index (χ1n) is 10.4. The maximum Gasteiger partial charge on any atom is 0.251 e. The molecule has 29 heavy (non-hydrogen) atoms. The van der Waals surface area contributed by atoms with E-state index in [0.717, 1.165) is 50.6 Å². The summed E-state index contributed by atoms with van der Waals surface area (Å²) in [5, 5.41) is 3.23. The molecule has 2 aliphatic heterocycles. The van der Waals surface area contributed by atoms with E-state index in [1.165, 1.54) is 11.1 Å². The lowest BCUT2D eigenvalue weighted by Crippen LogP contribution is -2.41. The zero-order valence-electron chi connectivity index (χ0n) is 17.5. The standard InChI is InChI=1S/C24H30N2O3/c1-17-4-9-22-20(14-17)21(15-24(2,3)29-22)25-23(27)19-7-5-18(6-8-19)16-26-10-12-28-13-11-26/h4-9,14,21H,10-13,15-16H2,1-3H3,(H,25,27)/t21-/m0/s1. The van der Waals surface area contributed by atoms with Crippen LogP contribution in [0.2, 0.25) is 0 Å². The Morgan fingerprint density at radius 3 is 2.59 bits per heavy atom. The van der Waals surface area contributed by atoms with Crippen LogP contribution >= 0.6 is 0 Å². The molecule has 1 N–H and O–H groups in total.